The molecule has 2 atom stereocenters. The normalized spacial score (nSPS) is 13.3. The fourth-order valence-corrected chi connectivity index (χ4v) is 3.03. The largest absolute Gasteiger partial charge is 0.384 e. The Kier molecular flexibility index (Phi) is 9.14. The Balaban J connectivity index is 1.87. The van der Waals surface area contributed by atoms with Crippen LogP contribution >= 0.6 is 0 Å². The maximum Gasteiger partial charge on any atom is 0.150 e. The average Bonchev–Trinajstić information content (AvgIpc) is 2.67. The Morgan fingerprint density at radius 2 is 1.73 bits per heavy atom. The van der Waals surface area contributed by atoms with Crippen molar-refractivity contribution in [3.8, 4) is 5.75 Å². The van der Waals surface area contributed by atoms with Crippen LogP contribution in [0.3, 0.4) is 0 Å². The molecule has 2 aromatic rings. The first-order valence-electron chi connectivity index (χ1n) is 9.35. The third kappa shape index (κ3) is 7.14. The van der Waals surface area contributed by atoms with Gasteiger partial charge in [-0.1, -0.05) is 56.3 Å². The average molecular weight is 357 g/mol. The van der Waals surface area contributed by atoms with Crippen LogP contribution in [0.25, 0.3) is 0 Å². The smallest absolute Gasteiger partial charge is 0.150 e. The van der Waals surface area contributed by atoms with Crippen molar-refractivity contribution in [2.24, 2.45) is 5.92 Å². The molecule has 0 spiro atoms. The van der Waals surface area contributed by atoms with E-state index < -0.39 is 0 Å². The third-order valence-electron chi connectivity index (χ3n) is 4.52. The lowest BCUT2D eigenvalue weighted by Crippen LogP contribution is -2.44. The van der Waals surface area contributed by atoms with Crippen molar-refractivity contribution >= 4 is 0 Å². The highest BCUT2D eigenvalue weighted by Gasteiger charge is 2.17. The second-order valence-electron chi connectivity index (χ2n) is 6.70. The Morgan fingerprint density at radius 3 is 2.38 bits per heavy atom. The zero-order valence-corrected chi connectivity index (χ0v) is 15.7. The molecular formula is C21H31N3O2. The van der Waals surface area contributed by atoms with Gasteiger partial charge in [0.1, 0.15) is 5.75 Å². The summed E-state index contributed by atoms with van der Waals surface area (Å²) in [6.07, 6.45) is 2.11. The summed E-state index contributed by atoms with van der Waals surface area (Å²) in [7, 11) is 0. The zero-order chi connectivity index (χ0) is 18.6. The molecular weight excluding hydrogens is 326 g/mol. The van der Waals surface area contributed by atoms with Crippen molar-refractivity contribution in [3.63, 3.8) is 0 Å². The quantitative estimate of drug-likeness (QED) is 0.439. The van der Waals surface area contributed by atoms with Gasteiger partial charge in [0.2, 0.25) is 0 Å². The van der Waals surface area contributed by atoms with E-state index in [0.29, 0.717) is 17.7 Å². The van der Waals surface area contributed by atoms with E-state index in [1.165, 1.54) is 11.1 Å². The lowest BCUT2D eigenvalue weighted by molar-refractivity contribution is -0.0435. The van der Waals surface area contributed by atoms with Crippen molar-refractivity contribution < 1.29 is 10.0 Å². The van der Waals surface area contributed by atoms with Crippen molar-refractivity contribution in [2.45, 2.75) is 39.3 Å². The van der Waals surface area contributed by atoms with E-state index >= 15 is 0 Å². The molecule has 0 bridgehead atoms. The first kappa shape index (κ1) is 20.4. The molecule has 0 aliphatic heterocycles. The zero-order valence-electron chi connectivity index (χ0n) is 15.7. The van der Waals surface area contributed by atoms with Gasteiger partial charge in [0.05, 0.1) is 0 Å². The monoisotopic (exact) mass is 357 g/mol. The van der Waals surface area contributed by atoms with Crippen LogP contribution in [0.4, 0.5) is 0 Å². The van der Waals surface area contributed by atoms with Gasteiger partial charge in [0.25, 0.3) is 0 Å². The topological polar surface area (TPSA) is 65.5 Å². The Morgan fingerprint density at radius 1 is 1.00 bits per heavy atom. The van der Waals surface area contributed by atoms with Crippen LogP contribution in [0.1, 0.15) is 31.4 Å². The van der Waals surface area contributed by atoms with E-state index in [1.54, 1.807) is 5.64 Å². The number of hydrogen-bond acceptors (Lipinski definition) is 5. The lowest BCUT2D eigenvalue weighted by atomic mass is 9.93. The summed E-state index contributed by atoms with van der Waals surface area (Å²) >= 11 is 0. The molecule has 0 aliphatic rings. The number of hydrogen-bond donors (Lipinski definition) is 4. The fourth-order valence-electron chi connectivity index (χ4n) is 3.03. The van der Waals surface area contributed by atoms with Gasteiger partial charge in [-0.2, -0.15) is 0 Å². The number of rotatable bonds is 12. The Bertz CT molecular complexity index is 604. The van der Waals surface area contributed by atoms with Gasteiger partial charge in [0.15, 0.2) is 0 Å². The molecule has 5 heteroatoms. The fraction of sp³-hybridized carbons (Fsp3) is 0.429. The van der Waals surface area contributed by atoms with Gasteiger partial charge in [-0.05, 0) is 54.2 Å². The van der Waals surface area contributed by atoms with E-state index in [0.717, 1.165) is 32.5 Å². The molecule has 0 amide bonds. The van der Waals surface area contributed by atoms with Crippen molar-refractivity contribution in [3.05, 3.63) is 65.7 Å². The van der Waals surface area contributed by atoms with Crippen molar-refractivity contribution in [2.75, 3.05) is 13.1 Å². The van der Waals surface area contributed by atoms with Crippen LogP contribution in [0, 0.1) is 5.92 Å². The molecule has 4 N–H and O–H groups in total. The highest BCUT2D eigenvalue weighted by atomic mass is 16.8. The third-order valence-corrected chi connectivity index (χ3v) is 4.52. The molecule has 0 radical (unpaired) electrons. The van der Waals surface area contributed by atoms with E-state index in [9.17, 15) is 0 Å². The molecule has 142 valence electrons. The van der Waals surface area contributed by atoms with Gasteiger partial charge in [-0.3, -0.25) is 5.21 Å². The predicted molar refractivity (Wildman–Crippen MR) is 105 cm³/mol. The first-order chi connectivity index (χ1) is 12.7. The maximum atomic E-state index is 8.57. The Hall–Kier alpha value is -1.92. The summed E-state index contributed by atoms with van der Waals surface area (Å²) in [6, 6.07) is 18.7. The van der Waals surface area contributed by atoms with Gasteiger partial charge < -0.3 is 15.5 Å². The van der Waals surface area contributed by atoms with Crippen LogP contribution < -0.4 is 21.1 Å². The Labute approximate surface area is 156 Å². The number of nitrogens with one attached hydrogen (secondary N) is 3. The second-order valence-corrected chi connectivity index (χ2v) is 6.70. The molecule has 0 aromatic heterocycles. The highest BCUT2D eigenvalue weighted by molar-refractivity contribution is 5.27. The number of benzene rings is 2. The van der Waals surface area contributed by atoms with Gasteiger partial charge >= 0.3 is 0 Å². The first-order valence-corrected chi connectivity index (χ1v) is 9.35. The molecule has 2 unspecified atom stereocenters. The van der Waals surface area contributed by atoms with Crippen LogP contribution in [0.2, 0.25) is 0 Å². The maximum absolute atomic E-state index is 8.57. The van der Waals surface area contributed by atoms with Crippen molar-refractivity contribution in [1.82, 2.24) is 16.3 Å². The minimum absolute atomic E-state index is 0.411. The van der Waals surface area contributed by atoms with Gasteiger partial charge in [0, 0.05) is 19.1 Å². The van der Waals surface area contributed by atoms with Crippen LogP contribution in [-0.4, -0.2) is 24.3 Å². The van der Waals surface area contributed by atoms with Gasteiger partial charge in [-0.15, -0.1) is 0 Å². The van der Waals surface area contributed by atoms with Crippen LogP contribution in [0.15, 0.2) is 54.6 Å². The van der Waals surface area contributed by atoms with E-state index in [-0.39, 0.29) is 0 Å². The molecule has 2 aromatic carbocycles. The van der Waals surface area contributed by atoms with E-state index in [1.807, 2.05) is 30.3 Å². The van der Waals surface area contributed by atoms with Crippen molar-refractivity contribution in [1.29, 1.82) is 0 Å². The molecule has 26 heavy (non-hydrogen) atoms. The highest BCUT2D eigenvalue weighted by Crippen LogP contribution is 2.16. The van der Waals surface area contributed by atoms with Gasteiger partial charge in [-0.25, -0.2) is 0 Å². The van der Waals surface area contributed by atoms with E-state index in [4.69, 9.17) is 10.0 Å². The summed E-state index contributed by atoms with van der Waals surface area (Å²) in [5.74, 6) is 1.08. The SMILES string of the molecule is CCCNC(CNCc1ccccc1)C(C)Cc1ccc(ONO)cc1. The molecule has 0 saturated carbocycles. The summed E-state index contributed by atoms with van der Waals surface area (Å²) in [4.78, 5) is 4.84. The summed E-state index contributed by atoms with van der Waals surface area (Å²) in [5.41, 5.74) is 4.27. The van der Waals surface area contributed by atoms with E-state index in [2.05, 4.69) is 48.7 Å². The second kappa shape index (κ2) is 11.6. The minimum Gasteiger partial charge on any atom is -0.384 e. The molecule has 0 fully saturated rings. The minimum atomic E-state index is 0.411. The summed E-state index contributed by atoms with van der Waals surface area (Å²) in [6.45, 7) is 7.33. The molecule has 0 heterocycles. The summed E-state index contributed by atoms with van der Waals surface area (Å²) < 4.78 is 0. The standard InChI is InChI=1S/C21H31N3O2/c1-3-13-23-21(16-22-15-19-7-5-4-6-8-19)17(2)14-18-9-11-20(12-10-18)26-24-25/h4-12,17,21-25H,3,13-16H2,1-2H3. The molecule has 0 aliphatic carbocycles. The predicted octanol–water partition coefficient (Wildman–Crippen LogP) is 3.30. The molecule has 5 nitrogen and oxygen atoms in total. The molecule has 2 rings (SSSR count). The lowest BCUT2D eigenvalue weighted by Gasteiger charge is -2.26. The molecule has 0 saturated heterocycles. The van der Waals surface area contributed by atoms with Crippen LogP contribution in [-0.2, 0) is 13.0 Å². The summed E-state index contributed by atoms with van der Waals surface area (Å²) in [5, 5.41) is 15.8. The van der Waals surface area contributed by atoms with Crippen LogP contribution in [0.5, 0.6) is 5.75 Å².